The Morgan fingerprint density at radius 2 is 2.14 bits per heavy atom. The number of hydrogen-bond acceptors (Lipinski definition) is 5. The minimum atomic E-state index is -3.38. The highest BCUT2D eigenvalue weighted by atomic mass is 32.2. The van der Waals surface area contributed by atoms with Crippen molar-refractivity contribution in [2.45, 2.75) is 17.7 Å². The quantitative estimate of drug-likeness (QED) is 0.720. The molecule has 0 aromatic carbocycles. The Bertz CT molecular complexity index is 535. The van der Waals surface area contributed by atoms with E-state index in [9.17, 15) is 8.42 Å². The summed E-state index contributed by atoms with van der Waals surface area (Å²) < 4.78 is 33.0. The van der Waals surface area contributed by atoms with Crippen molar-refractivity contribution < 1.29 is 13.2 Å². The van der Waals surface area contributed by atoms with Gasteiger partial charge in [-0.1, -0.05) is 0 Å². The topological polar surface area (TPSA) is 76.5 Å². The molecule has 1 aliphatic heterocycles. The van der Waals surface area contributed by atoms with E-state index in [1.54, 1.807) is 24.7 Å². The third-order valence-electron chi connectivity index (χ3n) is 3.81. The van der Waals surface area contributed by atoms with Gasteiger partial charge in [-0.25, -0.2) is 8.42 Å². The van der Waals surface area contributed by atoms with E-state index in [1.807, 2.05) is 0 Å². The number of nitrogens with zero attached hydrogens (tertiary/aromatic N) is 3. The Labute approximate surface area is 126 Å². The molecule has 0 saturated carbocycles. The van der Waals surface area contributed by atoms with E-state index in [1.165, 1.54) is 10.9 Å². The predicted molar refractivity (Wildman–Crippen MR) is 79.4 cm³/mol. The van der Waals surface area contributed by atoms with Crippen molar-refractivity contribution in [2.24, 2.45) is 13.0 Å². The van der Waals surface area contributed by atoms with Gasteiger partial charge in [-0.05, 0) is 25.3 Å². The third-order valence-corrected chi connectivity index (χ3v) is 5.66. The van der Waals surface area contributed by atoms with E-state index >= 15 is 0 Å². The number of sulfonamides is 1. The van der Waals surface area contributed by atoms with Crippen LogP contribution in [0.3, 0.4) is 0 Å². The second kappa shape index (κ2) is 7.35. The number of ether oxygens (including phenoxy) is 1. The highest BCUT2D eigenvalue weighted by Gasteiger charge is 2.29. The van der Waals surface area contributed by atoms with Crippen molar-refractivity contribution in [1.82, 2.24) is 19.4 Å². The molecule has 0 amide bonds. The van der Waals surface area contributed by atoms with Crippen molar-refractivity contribution in [3.05, 3.63) is 12.4 Å². The van der Waals surface area contributed by atoms with Gasteiger partial charge in [0.15, 0.2) is 0 Å². The predicted octanol–water partition coefficient (Wildman–Crippen LogP) is 0.0568. The van der Waals surface area contributed by atoms with Crippen LogP contribution in [-0.2, 0) is 21.8 Å². The Morgan fingerprint density at radius 3 is 2.71 bits per heavy atom. The lowest BCUT2D eigenvalue weighted by Gasteiger charge is -2.31. The third kappa shape index (κ3) is 4.26. The van der Waals surface area contributed by atoms with Crippen LogP contribution in [0.15, 0.2) is 17.3 Å². The van der Waals surface area contributed by atoms with Gasteiger partial charge in [-0.15, -0.1) is 0 Å². The average Bonchev–Trinajstić information content (AvgIpc) is 2.91. The Morgan fingerprint density at radius 1 is 1.43 bits per heavy atom. The first-order valence-electron chi connectivity index (χ1n) is 7.22. The van der Waals surface area contributed by atoms with Gasteiger partial charge in [-0.2, -0.15) is 9.40 Å². The van der Waals surface area contributed by atoms with E-state index in [-0.39, 0.29) is 4.90 Å². The van der Waals surface area contributed by atoms with Gasteiger partial charge in [0.1, 0.15) is 4.90 Å². The van der Waals surface area contributed by atoms with Crippen molar-refractivity contribution in [2.75, 3.05) is 39.9 Å². The van der Waals surface area contributed by atoms with Crippen molar-refractivity contribution in [1.29, 1.82) is 0 Å². The number of aryl methyl sites for hydroxylation is 1. The largest absolute Gasteiger partial charge is 0.383 e. The molecule has 1 saturated heterocycles. The molecule has 0 spiro atoms. The smallest absolute Gasteiger partial charge is 0.246 e. The maximum atomic E-state index is 12.4. The van der Waals surface area contributed by atoms with Gasteiger partial charge in [0.05, 0.1) is 12.8 Å². The molecule has 1 N–H and O–H groups in total. The minimum Gasteiger partial charge on any atom is -0.383 e. The van der Waals surface area contributed by atoms with Crippen LogP contribution in [-0.4, -0.2) is 62.4 Å². The first-order valence-corrected chi connectivity index (χ1v) is 8.66. The summed E-state index contributed by atoms with van der Waals surface area (Å²) in [6.45, 7) is 3.62. The molecule has 1 aromatic heterocycles. The van der Waals surface area contributed by atoms with Crippen LogP contribution in [0.2, 0.25) is 0 Å². The van der Waals surface area contributed by atoms with Crippen LogP contribution in [0.4, 0.5) is 0 Å². The molecule has 0 unspecified atom stereocenters. The number of rotatable bonds is 7. The van der Waals surface area contributed by atoms with Gasteiger partial charge in [0.25, 0.3) is 0 Å². The fourth-order valence-corrected chi connectivity index (χ4v) is 3.97. The van der Waals surface area contributed by atoms with E-state index in [2.05, 4.69) is 10.4 Å². The van der Waals surface area contributed by atoms with E-state index in [0.29, 0.717) is 25.6 Å². The molecule has 1 fully saturated rings. The van der Waals surface area contributed by atoms with Crippen molar-refractivity contribution in [3.8, 4) is 0 Å². The zero-order chi connectivity index (χ0) is 15.3. The lowest BCUT2D eigenvalue weighted by atomic mass is 9.98. The lowest BCUT2D eigenvalue weighted by Crippen LogP contribution is -2.40. The molecule has 8 heteroatoms. The van der Waals surface area contributed by atoms with Gasteiger partial charge in [0, 0.05) is 40.0 Å². The second-order valence-corrected chi connectivity index (χ2v) is 7.33. The van der Waals surface area contributed by atoms with Crippen LogP contribution in [0.5, 0.6) is 0 Å². The number of aromatic nitrogens is 2. The fourth-order valence-electron chi connectivity index (χ4n) is 2.52. The highest BCUT2D eigenvalue weighted by molar-refractivity contribution is 7.89. The monoisotopic (exact) mass is 316 g/mol. The van der Waals surface area contributed by atoms with Gasteiger partial charge in [0.2, 0.25) is 10.0 Å². The molecule has 1 aromatic rings. The fraction of sp³-hybridized carbons (Fsp3) is 0.769. The molecule has 2 heterocycles. The second-order valence-electron chi connectivity index (χ2n) is 5.39. The lowest BCUT2D eigenvalue weighted by molar-refractivity contribution is 0.194. The number of piperidine rings is 1. The molecular formula is C13H24N4O3S. The minimum absolute atomic E-state index is 0.279. The van der Waals surface area contributed by atoms with Crippen LogP contribution < -0.4 is 5.32 Å². The summed E-state index contributed by atoms with van der Waals surface area (Å²) in [4.78, 5) is 0.279. The zero-order valence-electron chi connectivity index (χ0n) is 12.7. The maximum absolute atomic E-state index is 12.4. The summed E-state index contributed by atoms with van der Waals surface area (Å²) in [6.07, 6.45) is 4.74. The molecule has 0 radical (unpaired) electrons. The Hall–Kier alpha value is -0.960. The molecular weight excluding hydrogens is 292 g/mol. The summed E-state index contributed by atoms with van der Waals surface area (Å²) in [5.41, 5.74) is 0. The normalized spacial score (nSPS) is 18.2. The Balaban J connectivity index is 1.83. The van der Waals surface area contributed by atoms with Crippen LogP contribution in [0.1, 0.15) is 12.8 Å². The van der Waals surface area contributed by atoms with E-state index in [4.69, 9.17) is 4.74 Å². The Kier molecular flexibility index (Phi) is 5.74. The van der Waals surface area contributed by atoms with Crippen LogP contribution in [0, 0.1) is 5.92 Å². The number of hydrogen-bond donors (Lipinski definition) is 1. The first-order chi connectivity index (χ1) is 10.0. The summed E-state index contributed by atoms with van der Waals surface area (Å²) in [7, 11) is 0.0190. The van der Waals surface area contributed by atoms with E-state index in [0.717, 1.165) is 25.9 Å². The molecule has 0 atom stereocenters. The SMILES string of the molecule is COCCNCC1CCN(S(=O)(=O)c2cnn(C)c2)CC1. The summed E-state index contributed by atoms with van der Waals surface area (Å²) in [5.74, 6) is 0.530. The first kappa shape index (κ1) is 16.4. The molecule has 1 aliphatic rings. The maximum Gasteiger partial charge on any atom is 0.246 e. The summed E-state index contributed by atoms with van der Waals surface area (Å²) in [6, 6.07) is 0. The highest BCUT2D eigenvalue weighted by Crippen LogP contribution is 2.23. The van der Waals surface area contributed by atoms with Gasteiger partial charge >= 0.3 is 0 Å². The molecule has 7 nitrogen and oxygen atoms in total. The van der Waals surface area contributed by atoms with Crippen molar-refractivity contribution >= 4 is 10.0 Å². The summed E-state index contributed by atoms with van der Waals surface area (Å²) >= 11 is 0. The van der Waals surface area contributed by atoms with Crippen molar-refractivity contribution in [3.63, 3.8) is 0 Å². The molecule has 0 aliphatic carbocycles. The molecule has 0 bridgehead atoms. The molecule has 21 heavy (non-hydrogen) atoms. The van der Waals surface area contributed by atoms with E-state index < -0.39 is 10.0 Å². The average molecular weight is 316 g/mol. The molecule has 2 rings (SSSR count). The van der Waals surface area contributed by atoms with Gasteiger partial charge < -0.3 is 10.1 Å². The van der Waals surface area contributed by atoms with Crippen LogP contribution >= 0.6 is 0 Å². The standard InChI is InChI=1S/C13H24N4O3S/c1-16-11-13(10-15-16)21(18,19)17-6-3-12(4-7-17)9-14-5-8-20-2/h10-12,14H,3-9H2,1-2H3. The number of methoxy groups -OCH3 is 1. The summed E-state index contributed by atoms with van der Waals surface area (Å²) in [5, 5.41) is 7.28. The zero-order valence-corrected chi connectivity index (χ0v) is 13.5. The van der Waals surface area contributed by atoms with Crippen LogP contribution in [0.25, 0.3) is 0 Å². The van der Waals surface area contributed by atoms with Gasteiger partial charge in [-0.3, -0.25) is 4.68 Å². The molecule has 120 valence electrons. The number of nitrogens with one attached hydrogen (secondary N) is 1.